The highest BCUT2D eigenvalue weighted by atomic mass is 19.1. The van der Waals surface area contributed by atoms with Gasteiger partial charge in [-0.2, -0.15) is 0 Å². The molecule has 0 bridgehead atoms. The van der Waals surface area contributed by atoms with Crippen LogP contribution in [-0.2, 0) is 0 Å². The van der Waals surface area contributed by atoms with Crippen molar-refractivity contribution in [1.82, 2.24) is 14.9 Å². The van der Waals surface area contributed by atoms with Crippen molar-refractivity contribution in [2.45, 2.75) is 25.9 Å². The Morgan fingerprint density at radius 1 is 1.15 bits per heavy atom. The fourth-order valence-electron chi connectivity index (χ4n) is 3.51. The second-order valence-corrected chi connectivity index (χ2v) is 6.82. The molecular formula is C20H20FN3O3. The Balaban J connectivity index is 1.45. The fourth-order valence-corrected chi connectivity index (χ4v) is 3.51. The molecular weight excluding hydrogens is 349 g/mol. The molecule has 1 aliphatic rings. The smallest absolute Gasteiger partial charge is 0.258 e. The van der Waals surface area contributed by atoms with E-state index in [1.54, 1.807) is 29.4 Å². The number of amides is 1. The average molecular weight is 369 g/mol. The first-order chi connectivity index (χ1) is 13.0. The largest absolute Gasteiger partial charge is 0.490 e. The van der Waals surface area contributed by atoms with Crippen LogP contribution in [0.2, 0.25) is 0 Å². The number of aryl methyl sites for hydroxylation is 1. The zero-order valence-corrected chi connectivity index (χ0v) is 14.9. The predicted octanol–water partition coefficient (Wildman–Crippen LogP) is 2.99. The van der Waals surface area contributed by atoms with E-state index >= 15 is 0 Å². The van der Waals surface area contributed by atoms with E-state index in [1.165, 1.54) is 12.1 Å². The number of H-pyrrole nitrogens is 2. The molecule has 2 N–H and O–H groups in total. The molecule has 4 rings (SSSR count). The number of hydrogen-bond acceptors (Lipinski definition) is 3. The van der Waals surface area contributed by atoms with E-state index in [9.17, 15) is 14.0 Å². The summed E-state index contributed by atoms with van der Waals surface area (Å²) in [6.45, 7) is 2.96. The summed E-state index contributed by atoms with van der Waals surface area (Å²) in [7, 11) is 0. The van der Waals surface area contributed by atoms with Gasteiger partial charge in [-0.05, 0) is 36.8 Å². The number of piperidine rings is 1. The highest BCUT2D eigenvalue weighted by molar-refractivity contribution is 6.07. The first kappa shape index (κ1) is 17.3. The number of carbonyl (C=O) groups is 1. The van der Waals surface area contributed by atoms with Gasteiger partial charge in [0, 0.05) is 38.3 Å². The van der Waals surface area contributed by atoms with Gasteiger partial charge in [-0.15, -0.1) is 0 Å². The molecule has 3 aromatic rings. The second kappa shape index (κ2) is 6.90. The normalized spacial score (nSPS) is 15.3. The van der Waals surface area contributed by atoms with Gasteiger partial charge in [0.25, 0.3) is 11.5 Å². The number of aromatic amines is 2. The van der Waals surface area contributed by atoms with Gasteiger partial charge in [-0.3, -0.25) is 9.59 Å². The third-order valence-electron chi connectivity index (χ3n) is 5.00. The van der Waals surface area contributed by atoms with Crippen molar-refractivity contribution in [1.29, 1.82) is 0 Å². The van der Waals surface area contributed by atoms with Crippen molar-refractivity contribution in [3.05, 3.63) is 64.0 Å². The second-order valence-electron chi connectivity index (χ2n) is 6.82. The minimum absolute atomic E-state index is 0.0203. The molecule has 1 aliphatic heterocycles. The number of hydrogen-bond donors (Lipinski definition) is 2. The van der Waals surface area contributed by atoms with E-state index in [0.717, 1.165) is 5.56 Å². The van der Waals surface area contributed by atoms with Crippen LogP contribution in [-0.4, -0.2) is 40.0 Å². The SMILES string of the molecule is Cc1c[nH]c(=O)c2c(C(=O)N3CCC(Oc4ccc(F)cc4)CC3)c[nH]c12. The third-order valence-corrected chi connectivity index (χ3v) is 5.00. The molecule has 7 heteroatoms. The molecule has 0 spiro atoms. The summed E-state index contributed by atoms with van der Waals surface area (Å²) >= 11 is 0. The van der Waals surface area contributed by atoms with Crippen LogP contribution < -0.4 is 10.3 Å². The van der Waals surface area contributed by atoms with Gasteiger partial charge < -0.3 is 19.6 Å². The van der Waals surface area contributed by atoms with E-state index in [-0.39, 0.29) is 23.4 Å². The number of aromatic nitrogens is 2. The summed E-state index contributed by atoms with van der Waals surface area (Å²) in [5.41, 5.74) is 1.70. The molecule has 140 valence electrons. The Kier molecular flexibility index (Phi) is 4.43. The van der Waals surface area contributed by atoms with Crippen molar-refractivity contribution in [3.8, 4) is 5.75 Å². The zero-order valence-electron chi connectivity index (χ0n) is 14.9. The van der Waals surface area contributed by atoms with E-state index in [0.29, 0.717) is 48.1 Å². The minimum Gasteiger partial charge on any atom is -0.490 e. The third kappa shape index (κ3) is 3.32. The van der Waals surface area contributed by atoms with E-state index in [1.807, 2.05) is 6.92 Å². The highest BCUT2D eigenvalue weighted by Gasteiger charge is 2.27. The van der Waals surface area contributed by atoms with Gasteiger partial charge in [-0.1, -0.05) is 0 Å². The Labute approximate surface area is 155 Å². The van der Waals surface area contributed by atoms with Crippen LogP contribution in [0.3, 0.4) is 0 Å². The van der Waals surface area contributed by atoms with Crippen LogP contribution in [0.1, 0.15) is 28.8 Å². The summed E-state index contributed by atoms with van der Waals surface area (Å²) in [5, 5.41) is 0.407. The summed E-state index contributed by atoms with van der Waals surface area (Å²) in [4.78, 5) is 32.6. The summed E-state index contributed by atoms with van der Waals surface area (Å²) in [6.07, 6.45) is 4.58. The molecule has 1 saturated heterocycles. The monoisotopic (exact) mass is 369 g/mol. The van der Waals surface area contributed by atoms with Crippen LogP contribution in [0, 0.1) is 12.7 Å². The lowest BCUT2D eigenvalue weighted by Crippen LogP contribution is -2.41. The molecule has 1 aromatic carbocycles. The van der Waals surface area contributed by atoms with Crippen LogP contribution >= 0.6 is 0 Å². The lowest BCUT2D eigenvalue weighted by molar-refractivity contribution is 0.0597. The molecule has 1 amide bonds. The number of nitrogens with zero attached hydrogens (tertiary/aromatic N) is 1. The van der Waals surface area contributed by atoms with Crippen LogP contribution in [0.5, 0.6) is 5.75 Å². The topological polar surface area (TPSA) is 78.2 Å². The van der Waals surface area contributed by atoms with Crippen molar-refractivity contribution >= 4 is 16.8 Å². The van der Waals surface area contributed by atoms with Gasteiger partial charge in [-0.25, -0.2) is 4.39 Å². The number of nitrogens with one attached hydrogen (secondary N) is 2. The molecule has 6 nitrogen and oxygen atoms in total. The van der Waals surface area contributed by atoms with Gasteiger partial charge >= 0.3 is 0 Å². The maximum absolute atomic E-state index is 13.0. The van der Waals surface area contributed by atoms with Crippen LogP contribution in [0.15, 0.2) is 41.5 Å². The van der Waals surface area contributed by atoms with Gasteiger partial charge in [0.15, 0.2) is 0 Å². The predicted molar refractivity (Wildman–Crippen MR) is 99.6 cm³/mol. The number of rotatable bonds is 3. The lowest BCUT2D eigenvalue weighted by Gasteiger charge is -2.32. The number of halogens is 1. The zero-order chi connectivity index (χ0) is 19.0. The number of carbonyl (C=O) groups excluding carboxylic acids is 1. The summed E-state index contributed by atoms with van der Waals surface area (Å²) < 4.78 is 18.8. The quantitative estimate of drug-likeness (QED) is 0.745. The van der Waals surface area contributed by atoms with Crippen LogP contribution in [0.25, 0.3) is 10.9 Å². The number of pyridine rings is 1. The number of fused-ring (bicyclic) bond motifs is 1. The molecule has 0 atom stereocenters. The van der Waals surface area contributed by atoms with E-state index < -0.39 is 0 Å². The Hall–Kier alpha value is -3.09. The lowest BCUT2D eigenvalue weighted by atomic mass is 10.1. The minimum atomic E-state index is -0.299. The maximum Gasteiger partial charge on any atom is 0.258 e. The standard InChI is InChI=1S/C20H20FN3O3/c1-12-10-23-19(25)17-16(11-22-18(12)17)20(26)24-8-6-15(7-9-24)27-14-4-2-13(21)3-5-14/h2-5,10-11,15,22H,6-9H2,1H3,(H,23,25). The van der Waals surface area contributed by atoms with Crippen molar-refractivity contribution in [3.63, 3.8) is 0 Å². The van der Waals surface area contributed by atoms with Gasteiger partial charge in [0.1, 0.15) is 17.7 Å². The van der Waals surface area contributed by atoms with E-state index in [2.05, 4.69) is 9.97 Å². The molecule has 2 aromatic heterocycles. The summed E-state index contributed by atoms with van der Waals surface area (Å²) in [6, 6.07) is 5.94. The van der Waals surface area contributed by atoms with Crippen molar-refractivity contribution in [2.24, 2.45) is 0 Å². The highest BCUT2D eigenvalue weighted by Crippen LogP contribution is 2.23. The molecule has 0 aliphatic carbocycles. The molecule has 0 radical (unpaired) electrons. The number of likely N-dealkylation sites (tertiary alicyclic amines) is 1. The van der Waals surface area contributed by atoms with Gasteiger partial charge in [0.2, 0.25) is 0 Å². The van der Waals surface area contributed by atoms with Crippen molar-refractivity contribution < 1.29 is 13.9 Å². The maximum atomic E-state index is 13.0. The Bertz CT molecular complexity index is 1030. The van der Waals surface area contributed by atoms with E-state index in [4.69, 9.17) is 4.74 Å². The average Bonchev–Trinajstić information content (AvgIpc) is 3.13. The Morgan fingerprint density at radius 2 is 1.85 bits per heavy atom. The molecule has 27 heavy (non-hydrogen) atoms. The number of benzene rings is 1. The molecule has 0 unspecified atom stereocenters. The van der Waals surface area contributed by atoms with Crippen LogP contribution in [0.4, 0.5) is 4.39 Å². The number of ether oxygens (including phenoxy) is 1. The Morgan fingerprint density at radius 3 is 2.56 bits per heavy atom. The molecule has 3 heterocycles. The van der Waals surface area contributed by atoms with Crippen molar-refractivity contribution in [2.75, 3.05) is 13.1 Å². The van der Waals surface area contributed by atoms with Gasteiger partial charge in [0.05, 0.1) is 16.5 Å². The summed E-state index contributed by atoms with van der Waals surface area (Å²) in [5.74, 6) is 0.170. The fraction of sp³-hybridized carbons (Fsp3) is 0.300. The molecule has 0 saturated carbocycles. The molecule has 1 fully saturated rings. The first-order valence-electron chi connectivity index (χ1n) is 8.94. The first-order valence-corrected chi connectivity index (χ1v) is 8.94.